The van der Waals surface area contributed by atoms with Crippen LogP contribution in [-0.2, 0) is 15.8 Å². The molecule has 1 saturated heterocycles. The zero-order valence-electron chi connectivity index (χ0n) is 13.4. The van der Waals surface area contributed by atoms with E-state index >= 15 is 0 Å². The number of sulfonamides is 1. The van der Waals surface area contributed by atoms with Gasteiger partial charge >= 0.3 is 0 Å². The minimum absolute atomic E-state index is 0.0363. The predicted molar refractivity (Wildman–Crippen MR) is 90.4 cm³/mol. The predicted octanol–water partition coefficient (Wildman–Crippen LogP) is 1.48. The van der Waals surface area contributed by atoms with Crippen LogP contribution in [0.5, 0.6) is 0 Å². The van der Waals surface area contributed by atoms with Crippen molar-refractivity contribution in [3.63, 3.8) is 0 Å². The van der Waals surface area contributed by atoms with Gasteiger partial charge in [-0.05, 0) is 44.3 Å². The van der Waals surface area contributed by atoms with E-state index in [4.69, 9.17) is 0 Å². The van der Waals surface area contributed by atoms with Crippen molar-refractivity contribution < 1.29 is 13.5 Å². The lowest BCUT2D eigenvalue weighted by molar-refractivity contribution is 0.0127. The maximum absolute atomic E-state index is 12.4. The second-order valence-corrected chi connectivity index (χ2v) is 8.45. The Balaban J connectivity index is 1.63. The minimum atomic E-state index is -3.44. The summed E-state index contributed by atoms with van der Waals surface area (Å²) in [7, 11) is -3.44. The van der Waals surface area contributed by atoms with Gasteiger partial charge in [0.2, 0.25) is 10.0 Å². The van der Waals surface area contributed by atoms with Crippen LogP contribution in [0.2, 0.25) is 0 Å². The van der Waals surface area contributed by atoms with Crippen molar-refractivity contribution in [3.8, 4) is 0 Å². The van der Waals surface area contributed by atoms with E-state index in [0.717, 1.165) is 31.5 Å². The molecule has 0 bridgehead atoms. The summed E-state index contributed by atoms with van der Waals surface area (Å²) in [4.78, 5) is 2.32. The lowest BCUT2D eigenvalue weighted by atomic mass is 9.88. The average molecular weight is 338 g/mol. The molecule has 3 rings (SSSR count). The fraction of sp³-hybridized carbons (Fsp3) is 0.647. The number of nitrogens with zero attached hydrogens (tertiary/aromatic N) is 1. The maximum Gasteiger partial charge on any atom is 0.216 e. The second-order valence-electron chi connectivity index (χ2n) is 6.70. The number of aliphatic hydroxyl groups excluding tert-OH is 1. The number of rotatable bonds is 5. The largest absolute Gasteiger partial charge is 0.390 e. The first kappa shape index (κ1) is 16.9. The molecular formula is C17H26N2O3S. The van der Waals surface area contributed by atoms with Crippen molar-refractivity contribution in [3.05, 3.63) is 35.9 Å². The van der Waals surface area contributed by atoms with Crippen LogP contribution >= 0.6 is 0 Å². The van der Waals surface area contributed by atoms with E-state index in [9.17, 15) is 13.5 Å². The topological polar surface area (TPSA) is 69.6 Å². The zero-order valence-corrected chi connectivity index (χ0v) is 14.2. The zero-order chi connectivity index (χ0) is 16.3. The molecule has 2 aliphatic rings. The summed E-state index contributed by atoms with van der Waals surface area (Å²) in [5, 5.41) is 10.6. The number of hydrogen-bond acceptors (Lipinski definition) is 4. The monoisotopic (exact) mass is 338 g/mol. The highest BCUT2D eigenvalue weighted by Crippen LogP contribution is 2.27. The molecule has 0 amide bonds. The Hall–Kier alpha value is -0.950. The molecule has 1 aromatic carbocycles. The molecule has 2 N–H and O–H groups in total. The molecule has 3 atom stereocenters. The highest BCUT2D eigenvalue weighted by atomic mass is 32.2. The molecule has 23 heavy (non-hydrogen) atoms. The van der Waals surface area contributed by atoms with Crippen LogP contribution in [0.15, 0.2) is 30.3 Å². The molecular weight excluding hydrogens is 312 g/mol. The van der Waals surface area contributed by atoms with Gasteiger partial charge in [-0.1, -0.05) is 36.8 Å². The minimum Gasteiger partial charge on any atom is -0.390 e. The molecule has 6 heteroatoms. The van der Waals surface area contributed by atoms with Gasteiger partial charge in [-0.15, -0.1) is 0 Å². The molecule has 2 fully saturated rings. The molecule has 128 valence electrons. The number of nitrogens with one attached hydrogen (secondary N) is 1. The Kier molecular flexibility index (Phi) is 5.36. The molecule has 1 heterocycles. The Morgan fingerprint density at radius 2 is 1.78 bits per heavy atom. The van der Waals surface area contributed by atoms with E-state index in [1.54, 1.807) is 0 Å². The molecule has 0 radical (unpaired) electrons. The van der Waals surface area contributed by atoms with Crippen molar-refractivity contribution in [1.29, 1.82) is 0 Å². The fourth-order valence-electron chi connectivity index (χ4n) is 3.82. The van der Waals surface area contributed by atoms with E-state index in [2.05, 4.69) is 9.62 Å². The highest BCUT2D eigenvalue weighted by molar-refractivity contribution is 7.88. The Bertz CT molecular complexity index is 600. The Labute approximate surface area is 138 Å². The van der Waals surface area contributed by atoms with Crippen LogP contribution in [0.3, 0.4) is 0 Å². The Morgan fingerprint density at radius 3 is 2.48 bits per heavy atom. The first-order valence-electron chi connectivity index (χ1n) is 8.51. The van der Waals surface area contributed by atoms with E-state index in [1.165, 1.54) is 12.8 Å². The van der Waals surface area contributed by atoms with Crippen molar-refractivity contribution in [2.24, 2.45) is 0 Å². The molecule has 0 spiro atoms. The van der Waals surface area contributed by atoms with Gasteiger partial charge in [0, 0.05) is 12.1 Å². The Morgan fingerprint density at radius 1 is 1.09 bits per heavy atom. The number of likely N-dealkylation sites (tertiary alicyclic amines) is 1. The average Bonchev–Trinajstić information content (AvgIpc) is 3.04. The van der Waals surface area contributed by atoms with Crippen molar-refractivity contribution in [1.82, 2.24) is 9.62 Å². The summed E-state index contributed by atoms with van der Waals surface area (Å²) in [6, 6.07) is 8.88. The van der Waals surface area contributed by atoms with E-state index in [1.807, 2.05) is 30.3 Å². The van der Waals surface area contributed by atoms with Gasteiger partial charge in [0.25, 0.3) is 0 Å². The summed E-state index contributed by atoms with van der Waals surface area (Å²) in [6.07, 6.45) is 4.35. The number of aliphatic hydroxyl groups is 1. The lowest BCUT2D eigenvalue weighted by Crippen LogP contribution is -2.56. The van der Waals surface area contributed by atoms with Crippen molar-refractivity contribution in [2.75, 3.05) is 13.1 Å². The molecule has 1 aliphatic heterocycles. The van der Waals surface area contributed by atoms with Gasteiger partial charge in [-0.25, -0.2) is 13.1 Å². The molecule has 0 aromatic heterocycles. The van der Waals surface area contributed by atoms with Crippen LogP contribution in [0.25, 0.3) is 0 Å². The first-order valence-corrected chi connectivity index (χ1v) is 10.2. The van der Waals surface area contributed by atoms with Crippen molar-refractivity contribution >= 4 is 10.0 Å². The van der Waals surface area contributed by atoms with Gasteiger partial charge in [0.15, 0.2) is 0 Å². The molecule has 0 unspecified atom stereocenters. The van der Waals surface area contributed by atoms with Gasteiger partial charge in [-0.2, -0.15) is 0 Å². The quantitative estimate of drug-likeness (QED) is 0.853. The fourth-order valence-corrected chi connectivity index (χ4v) is 5.26. The number of hydrogen-bond donors (Lipinski definition) is 2. The third-order valence-corrected chi connectivity index (χ3v) is 6.34. The lowest BCUT2D eigenvalue weighted by Gasteiger charge is -2.39. The molecule has 1 aliphatic carbocycles. The van der Waals surface area contributed by atoms with E-state index < -0.39 is 16.1 Å². The number of benzene rings is 1. The van der Waals surface area contributed by atoms with E-state index in [-0.39, 0.29) is 17.8 Å². The summed E-state index contributed by atoms with van der Waals surface area (Å²) in [5.74, 6) is -0.0363. The standard InChI is InChI=1S/C17H26N2O3S/c20-17-15(9-6-10-16(17)19-11-4-5-12-19)18-23(21,22)13-14-7-2-1-3-8-14/h1-3,7-8,15-18,20H,4-6,9-13H2/t15-,16-,17-/m1/s1. The van der Waals surface area contributed by atoms with Crippen LogP contribution in [-0.4, -0.2) is 49.7 Å². The third-order valence-electron chi connectivity index (χ3n) is 4.96. The smallest absolute Gasteiger partial charge is 0.216 e. The third kappa shape index (κ3) is 4.32. The summed E-state index contributed by atoms with van der Waals surface area (Å²) in [6.45, 7) is 2.04. The molecule has 1 aromatic rings. The summed E-state index contributed by atoms with van der Waals surface area (Å²) in [5.41, 5.74) is 0.765. The van der Waals surface area contributed by atoms with Gasteiger partial charge in [-0.3, -0.25) is 4.90 Å². The van der Waals surface area contributed by atoms with Gasteiger partial charge in [0.1, 0.15) is 0 Å². The molecule has 1 saturated carbocycles. The van der Waals surface area contributed by atoms with Crippen LogP contribution < -0.4 is 4.72 Å². The van der Waals surface area contributed by atoms with Crippen molar-refractivity contribution in [2.45, 2.75) is 56.0 Å². The normalized spacial score (nSPS) is 29.7. The second kappa shape index (κ2) is 7.30. The highest BCUT2D eigenvalue weighted by Gasteiger charge is 2.37. The van der Waals surface area contributed by atoms with Crippen LogP contribution in [0.1, 0.15) is 37.7 Å². The van der Waals surface area contributed by atoms with Crippen LogP contribution in [0, 0.1) is 0 Å². The van der Waals surface area contributed by atoms with Gasteiger partial charge in [0.05, 0.1) is 11.9 Å². The van der Waals surface area contributed by atoms with E-state index in [0.29, 0.717) is 6.42 Å². The summed E-state index contributed by atoms with van der Waals surface area (Å²) >= 11 is 0. The first-order chi connectivity index (χ1) is 11.1. The van der Waals surface area contributed by atoms with Crippen LogP contribution in [0.4, 0.5) is 0 Å². The maximum atomic E-state index is 12.4. The molecule has 5 nitrogen and oxygen atoms in total. The summed E-state index contributed by atoms with van der Waals surface area (Å²) < 4.78 is 27.6. The van der Waals surface area contributed by atoms with Gasteiger partial charge < -0.3 is 5.11 Å². The SMILES string of the molecule is O=S(=O)(Cc1ccccc1)N[C@@H]1CCC[C@@H](N2CCCC2)[C@@H]1O.